The van der Waals surface area contributed by atoms with E-state index in [-0.39, 0.29) is 5.91 Å². The maximum Gasteiger partial charge on any atom is 0.257 e. The molecule has 2 aromatic rings. The summed E-state index contributed by atoms with van der Waals surface area (Å²) in [5.41, 5.74) is 2.23. The van der Waals surface area contributed by atoms with E-state index in [1.807, 2.05) is 23.4 Å². The first-order valence-corrected chi connectivity index (χ1v) is 8.89. The topological polar surface area (TPSA) is 89.1 Å². The quantitative estimate of drug-likeness (QED) is 0.884. The highest BCUT2D eigenvalue weighted by atomic mass is 16.3. The van der Waals surface area contributed by atoms with E-state index in [1.165, 1.54) is 0 Å². The highest BCUT2D eigenvalue weighted by Gasteiger charge is 2.26. The molecule has 0 bridgehead atoms. The number of rotatable bonds is 5. The van der Waals surface area contributed by atoms with Crippen molar-refractivity contribution in [1.29, 1.82) is 0 Å². The van der Waals surface area contributed by atoms with Gasteiger partial charge in [0.05, 0.1) is 24.1 Å². The summed E-state index contributed by atoms with van der Waals surface area (Å²) < 4.78 is 3.64. The van der Waals surface area contributed by atoms with Gasteiger partial charge in [-0.1, -0.05) is 5.21 Å². The monoisotopic (exact) mass is 346 g/mol. The van der Waals surface area contributed by atoms with E-state index in [2.05, 4.69) is 15.4 Å². The van der Waals surface area contributed by atoms with Gasteiger partial charge in [0.15, 0.2) is 0 Å². The number of likely N-dealkylation sites (tertiary alicyclic amines) is 1. The van der Waals surface area contributed by atoms with E-state index in [0.29, 0.717) is 17.2 Å². The summed E-state index contributed by atoms with van der Waals surface area (Å²) in [5.74, 6) is 0.542. The minimum atomic E-state index is -0.597. The number of hydrogen-bond donors (Lipinski definition) is 1. The Morgan fingerprint density at radius 2 is 2.12 bits per heavy atom. The summed E-state index contributed by atoms with van der Waals surface area (Å²) >= 11 is 0. The number of aliphatic hydroxyl groups is 1. The summed E-state index contributed by atoms with van der Waals surface area (Å²) in [4.78, 5) is 14.6. The molecule has 1 aliphatic rings. The predicted octanol–water partition coefficient (Wildman–Crippen LogP) is 1.41. The van der Waals surface area contributed by atoms with Crippen molar-refractivity contribution in [3.63, 3.8) is 0 Å². The third kappa shape index (κ3) is 3.73. The van der Waals surface area contributed by atoms with E-state index < -0.39 is 6.10 Å². The molecule has 1 atom stereocenters. The van der Waals surface area contributed by atoms with Crippen LogP contribution in [-0.2, 0) is 13.1 Å². The van der Waals surface area contributed by atoms with Crippen LogP contribution in [0.2, 0.25) is 0 Å². The van der Waals surface area contributed by atoms with Gasteiger partial charge in [-0.15, -0.1) is 5.10 Å². The smallest absolute Gasteiger partial charge is 0.257 e. The lowest BCUT2D eigenvalue weighted by Crippen LogP contribution is -2.39. The van der Waals surface area contributed by atoms with Crippen LogP contribution in [0, 0.1) is 12.8 Å². The van der Waals surface area contributed by atoms with Gasteiger partial charge in [0, 0.05) is 31.9 Å². The van der Waals surface area contributed by atoms with Gasteiger partial charge in [-0.2, -0.15) is 5.10 Å². The second-order valence-electron chi connectivity index (χ2n) is 6.74. The maximum atomic E-state index is 12.7. The maximum absolute atomic E-state index is 12.7. The van der Waals surface area contributed by atoms with Crippen LogP contribution in [0.3, 0.4) is 0 Å². The number of carbonyl (C=O) groups is 1. The number of carbonyl (C=O) groups excluding carboxylic acids is 1. The van der Waals surface area contributed by atoms with Gasteiger partial charge >= 0.3 is 0 Å². The average molecular weight is 346 g/mol. The Labute approximate surface area is 147 Å². The Bertz CT molecular complexity index is 727. The van der Waals surface area contributed by atoms with Gasteiger partial charge < -0.3 is 10.0 Å². The molecular weight excluding hydrogens is 320 g/mol. The van der Waals surface area contributed by atoms with Crippen LogP contribution in [0.4, 0.5) is 0 Å². The van der Waals surface area contributed by atoms with Crippen molar-refractivity contribution in [2.45, 2.75) is 52.8 Å². The van der Waals surface area contributed by atoms with Crippen LogP contribution in [0.25, 0.3) is 0 Å². The van der Waals surface area contributed by atoms with E-state index in [0.717, 1.165) is 44.7 Å². The van der Waals surface area contributed by atoms with Crippen LogP contribution in [0.5, 0.6) is 0 Å². The van der Waals surface area contributed by atoms with Crippen LogP contribution >= 0.6 is 0 Å². The first-order valence-electron chi connectivity index (χ1n) is 8.89. The first-order chi connectivity index (χ1) is 12.0. The minimum absolute atomic E-state index is 0.0767. The summed E-state index contributed by atoms with van der Waals surface area (Å²) in [5, 5.41) is 21.8. The Morgan fingerprint density at radius 3 is 2.68 bits per heavy atom. The third-order valence-corrected chi connectivity index (χ3v) is 4.96. The van der Waals surface area contributed by atoms with Gasteiger partial charge in [0.2, 0.25) is 0 Å². The molecule has 1 aliphatic heterocycles. The van der Waals surface area contributed by atoms with Gasteiger partial charge in [-0.25, -0.2) is 0 Å². The number of aryl methyl sites for hydroxylation is 1. The van der Waals surface area contributed by atoms with Crippen LogP contribution in [0.15, 0.2) is 12.4 Å². The van der Waals surface area contributed by atoms with Crippen molar-refractivity contribution < 1.29 is 9.90 Å². The zero-order valence-corrected chi connectivity index (χ0v) is 15.1. The van der Waals surface area contributed by atoms with Crippen molar-refractivity contribution in [2.24, 2.45) is 5.92 Å². The molecule has 1 amide bonds. The molecule has 136 valence electrons. The summed E-state index contributed by atoms with van der Waals surface area (Å²) in [6, 6.07) is 0. The number of hydrogen-bond acceptors (Lipinski definition) is 5. The number of piperidine rings is 1. The van der Waals surface area contributed by atoms with Crippen LogP contribution in [-0.4, -0.2) is 53.8 Å². The minimum Gasteiger partial charge on any atom is -0.387 e. The van der Waals surface area contributed by atoms with Crippen molar-refractivity contribution in [3.8, 4) is 0 Å². The average Bonchev–Trinajstić information content (AvgIpc) is 3.21. The Morgan fingerprint density at radius 1 is 1.40 bits per heavy atom. The number of amides is 1. The Kier molecular flexibility index (Phi) is 5.17. The number of aromatic nitrogens is 5. The second-order valence-corrected chi connectivity index (χ2v) is 6.74. The lowest BCUT2D eigenvalue weighted by molar-refractivity contribution is 0.0680. The standard InChI is InChI=1S/C17H26N6O2/c1-4-23-12(2)15(9-18-23)17(25)21-7-5-14(6-8-21)10-22-11-16(13(3)24)19-20-22/h9,11,13-14,24H,4-8,10H2,1-3H3/t13-/m0/s1. The molecule has 0 aliphatic carbocycles. The molecule has 0 unspecified atom stereocenters. The fraction of sp³-hybridized carbons (Fsp3) is 0.647. The van der Waals surface area contributed by atoms with Crippen molar-refractivity contribution in [1.82, 2.24) is 29.7 Å². The van der Waals surface area contributed by atoms with Gasteiger partial charge in [0.25, 0.3) is 5.91 Å². The molecule has 2 aromatic heterocycles. The first kappa shape index (κ1) is 17.6. The molecule has 3 rings (SSSR count). The normalized spacial score (nSPS) is 17.0. The number of nitrogens with zero attached hydrogens (tertiary/aromatic N) is 6. The summed E-state index contributed by atoms with van der Waals surface area (Å²) in [6.45, 7) is 8.69. The molecule has 8 nitrogen and oxygen atoms in total. The molecule has 0 aromatic carbocycles. The molecular formula is C17H26N6O2. The largest absolute Gasteiger partial charge is 0.387 e. The lowest BCUT2D eigenvalue weighted by Gasteiger charge is -2.31. The highest BCUT2D eigenvalue weighted by molar-refractivity contribution is 5.95. The summed E-state index contributed by atoms with van der Waals surface area (Å²) in [6.07, 6.45) is 4.76. The molecule has 8 heteroatoms. The number of aliphatic hydroxyl groups excluding tert-OH is 1. The van der Waals surface area contributed by atoms with E-state index in [4.69, 9.17) is 0 Å². The SMILES string of the molecule is CCn1ncc(C(=O)N2CCC(Cn3cc([C@H](C)O)nn3)CC2)c1C. The van der Waals surface area contributed by atoms with Gasteiger partial charge in [-0.3, -0.25) is 14.2 Å². The predicted molar refractivity (Wildman–Crippen MR) is 91.9 cm³/mol. The molecule has 0 saturated carbocycles. The molecule has 0 radical (unpaired) electrons. The van der Waals surface area contributed by atoms with E-state index >= 15 is 0 Å². The lowest BCUT2D eigenvalue weighted by atomic mass is 9.96. The zero-order chi connectivity index (χ0) is 18.0. The molecule has 1 saturated heterocycles. The second kappa shape index (κ2) is 7.35. The molecule has 25 heavy (non-hydrogen) atoms. The molecule has 1 fully saturated rings. The van der Waals surface area contributed by atoms with Crippen molar-refractivity contribution >= 4 is 5.91 Å². The Hall–Kier alpha value is -2.22. The molecule has 0 spiro atoms. The third-order valence-electron chi connectivity index (χ3n) is 4.96. The van der Waals surface area contributed by atoms with Gasteiger partial charge in [0.1, 0.15) is 5.69 Å². The fourth-order valence-electron chi connectivity index (χ4n) is 3.32. The van der Waals surface area contributed by atoms with Crippen molar-refractivity contribution in [3.05, 3.63) is 29.3 Å². The molecule has 3 heterocycles. The Balaban J connectivity index is 1.55. The fourth-order valence-corrected chi connectivity index (χ4v) is 3.32. The van der Waals surface area contributed by atoms with Crippen LogP contribution in [0.1, 0.15) is 54.5 Å². The van der Waals surface area contributed by atoms with Crippen LogP contribution < -0.4 is 0 Å². The van der Waals surface area contributed by atoms with E-state index in [1.54, 1.807) is 24.0 Å². The van der Waals surface area contributed by atoms with E-state index in [9.17, 15) is 9.90 Å². The molecule has 1 N–H and O–H groups in total. The highest BCUT2D eigenvalue weighted by Crippen LogP contribution is 2.22. The van der Waals surface area contributed by atoms with Crippen molar-refractivity contribution in [2.75, 3.05) is 13.1 Å². The summed E-state index contributed by atoms with van der Waals surface area (Å²) in [7, 11) is 0. The van der Waals surface area contributed by atoms with Gasteiger partial charge in [-0.05, 0) is 39.5 Å². The zero-order valence-electron chi connectivity index (χ0n) is 15.1.